The predicted molar refractivity (Wildman–Crippen MR) is 86.2 cm³/mol. The van der Waals surface area contributed by atoms with E-state index in [1.807, 2.05) is 6.07 Å². The maximum Gasteiger partial charge on any atom is 0.245 e. The number of hydrogen-bond donors (Lipinski definition) is 2. The van der Waals surface area contributed by atoms with Crippen LogP contribution in [0.4, 0.5) is 0 Å². The summed E-state index contributed by atoms with van der Waals surface area (Å²) in [6.45, 7) is 5.50. The summed E-state index contributed by atoms with van der Waals surface area (Å²) in [5.74, 6) is -0.737. The van der Waals surface area contributed by atoms with Gasteiger partial charge in [0.05, 0.1) is 24.3 Å². The second-order valence-corrected chi connectivity index (χ2v) is 5.58. The Kier molecular flexibility index (Phi) is 7.23. The lowest BCUT2D eigenvalue weighted by Gasteiger charge is -2.25. The topological polar surface area (TPSA) is 91.2 Å². The molecule has 0 saturated carbocycles. The van der Waals surface area contributed by atoms with E-state index in [2.05, 4.69) is 16.7 Å². The summed E-state index contributed by atoms with van der Waals surface area (Å²) in [7, 11) is 1.51. The average Bonchev–Trinajstić information content (AvgIpc) is 2.56. The van der Waals surface area contributed by atoms with Gasteiger partial charge in [-0.15, -0.1) is 0 Å². The molecule has 2 N–H and O–H groups in total. The third-order valence-corrected chi connectivity index (χ3v) is 3.39. The van der Waals surface area contributed by atoms with Gasteiger partial charge in [-0.25, -0.2) is 0 Å². The fourth-order valence-corrected chi connectivity index (χ4v) is 1.93. The second-order valence-electron chi connectivity index (χ2n) is 5.58. The van der Waals surface area contributed by atoms with E-state index in [9.17, 15) is 9.59 Å². The van der Waals surface area contributed by atoms with Gasteiger partial charge >= 0.3 is 0 Å². The van der Waals surface area contributed by atoms with E-state index in [4.69, 9.17) is 10.00 Å². The van der Waals surface area contributed by atoms with Crippen molar-refractivity contribution in [2.75, 3.05) is 7.05 Å². The molecule has 0 heterocycles. The fourth-order valence-electron chi connectivity index (χ4n) is 1.93. The summed E-state index contributed by atoms with van der Waals surface area (Å²) in [5.41, 5.74) is 1.39. The molecule has 124 valence electrons. The zero-order valence-electron chi connectivity index (χ0n) is 13.9. The van der Waals surface area contributed by atoms with Crippen LogP contribution in [0.25, 0.3) is 0 Å². The summed E-state index contributed by atoms with van der Waals surface area (Å²) in [5, 5.41) is 14.1. The normalized spacial score (nSPS) is 13.0. The number of likely N-dealkylation sites (N-methyl/N-ethyl adjacent to an activating group) is 1. The number of hydrogen-bond acceptors (Lipinski definition) is 4. The Labute approximate surface area is 136 Å². The lowest BCUT2D eigenvalue weighted by atomic mass is 10.1. The molecule has 1 aromatic carbocycles. The molecule has 6 nitrogen and oxygen atoms in total. The molecule has 1 rings (SSSR count). The van der Waals surface area contributed by atoms with Crippen LogP contribution in [0.3, 0.4) is 0 Å². The van der Waals surface area contributed by atoms with Gasteiger partial charge in [0.2, 0.25) is 11.8 Å². The van der Waals surface area contributed by atoms with E-state index in [1.54, 1.807) is 39.0 Å². The van der Waals surface area contributed by atoms with Crippen molar-refractivity contribution in [3.63, 3.8) is 0 Å². The van der Waals surface area contributed by atoms with Gasteiger partial charge in [-0.1, -0.05) is 26.0 Å². The molecular weight excluding hydrogens is 294 g/mol. The minimum absolute atomic E-state index is 0.208. The zero-order chi connectivity index (χ0) is 17.4. The Morgan fingerprint density at radius 2 is 1.96 bits per heavy atom. The van der Waals surface area contributed by atoms with Crippen LogP contribution in [-0.2, 0) is 20.9 Å². The molecule has 2 amide bonds. The first-order valence-corrected chi connectivity index (χ1v) is 7.51. The first-order valence-electron chi connectivity index (χ1n) is 7.51. The van der Waals surface area contributed by atoms with E-state index >= 15 is 0 Å². The summed E-state index contributed by atoms with van der Waals surface area (Å²) in [6, 6.07) is 8.36. The molecule has 2 unspecified atom stereocenters. The maximum atomic E-state index is 12.0. The highest BCUT2D eigenvalue weighted by Crippen LogP contribution is 2.09. The Bertz CT molecular complexity index is 593. The molecule has 0 saturated heterocycles. The highest BCUT2D eigenvalue weighted by molar-refractivity contribution is 5.88. The maximum absolute atomic E-state index is 12.0. The molecule has 0 radical (unpaired) electrons. The monoisotopic (exact) mass is 317 g/mol. The molecule has 1 aromatic rings. The number of ether oxygens (including phenoxy) is 1. The molecule has 0 spiro atoms. The quantitative estimate of drug-likeness (QED) is 0.794. The van der Waals surface area contributed by atoms with Gasteiger partial charge in [-0.2, -0.15) is 5.26 Å². The van der Waals surface area contributed by atoms with Crippen molar-refractivity contribution in [3.05, 3.63) is 35.4 Å². The molecule has 0 bridgehead atoms. The summed E-state index contributed by atoms with van der Waals surface area (Å²) in [6.07, 6.45) is -0.511. The van der Waals surface area contributed by atoms with Crippen molar-refractivity contribution in [2.45, 2.75) is 39.5 Å². The number of nitrogens with zero attached hydrogens (tertiary/aromatic N) is 1. The van der Waals surface area contributed by atoms with Crippen LogP contribution in [0.1, 0.15) is 31.9 Å². The molecular formula is C17H23N3O3. The van der Waals surface area contributed by atoms with E-state index in [-0.39, 0.29) is 24.3 Å². The van der Waals surface area contributed by atoms with Crippen molar-refractivity contribution >= 4 is 11.8 Å². The molecule has 0 aliphatic carbocycles. The van der Waals surface area contributed by atoms with Crippen LogP contribution in [-0.4, -0.2) is 31.0 Å². The van der Waals surface area contributed by atoms with Crippen LogP contribution < -0.4 is 10.6 Å². The number of carbonyl (C=O) groups excluding carboxylic acids is 2. The number of benzene rings is 1. The lowest BCUT2D eigenvalue weighted by Crippen LogP contribution is -2.53. The highest BCUT2D eigenvalue weighted by Gasteiger charge is 2.27. The number of amides is 2. The van der Waals surface area contributed by atoms with Crippen molar-refractivity contribution in [2.24, 2.45) is 5.92 Å². The van der Waals surface area contributed by atoms with Crippen LogP contribution in [0, 0.1) is 17.2 Å². The first-order chi connectivity index (χ1) is 10.9. The van der Waals surface area contributed by atoms with Gasteiger partial charge in [-0.3, -0.25) is 9.59 Å². The smallest absolute Gasteiger partial charge is 0.245 e. The van der Waals surface area contributed by atoms with Crippen molar-refractivity contribution < 1.29 is 14.3 Å². The molecule has 6 heteroatoms. The van der Waals surface area contributed by atoms with Gasteiger partial charge in [0.25, 0.3) is 0 Å². The zero-order valence-corrected chi connectivity index (χ0v) is 13.9. The average molecular weight is 317 g/mol. The van der Waals surface area contributed by atoms with Crippen molar-refractivity contribution in [3.8, 4) is 6.07 Å². The predicted octanol–water partition coefficient (Wildman–Crippen LogP) is 1.35. The van der Waals surface area contributed by atoms with Crippen molar-refractivity contribution in [1.82, 2.24) is 10.6 Å². The minimum atomic E-state index is -0.769. The largest absolute Gasteiger partial charge is 0.371 e. The van der Waals surface area contributed by atoms with Gasteiger partial charge < -0.3 is 15.4 Å². The number of nitriles is 1. The van der Waals surface area contributed by atoms with Crippen LogP contribution in [0.15, 0.2) is 24.3 Å². The second kappa shape index (κ2) is 8.91. The van der Waals surface area contributed by atoms with E-state index in [0.717, 1.165) is 5.56 Å². The lowest BCUT2D eigenvalue weighted by molar-refractivity contribution is -0.134. The van der Waals surface area contributed by atoms with E-state index in [1.165, 1.54) is 7.05 Å². The first kappa shape index (κ1) is 18.7. The Hall–Kier alpha value is -2.39. The van der Waals surface area contributed by atoms with Crippen molar-refractivity contribution in [1.29, 1.82) is 5.26 Å². The Morgan fingerprint density at radius 3 is 2.52 bits per heavy atom. The molecule has 0 aromatic heterocycles. The van der Waals surface area contributed by atoms with Crippen LogP contribution in [0.2, 0.25) is 0 Å². The Morgan fingerprint density at radius 1 is 1.26 bits per heavy atom. The molecule has 0 aliphatic heterocycles. The SMILES string of the molecule is CNC(=O)C(NC(=O)C(C)C)C(C)OCc1cccc(C#N)c1. The third kappa shape index (κ3) is 5.72. The minimum Gasteiger partial charge on any atom is -0.371 e. The Balaban J connectivity index is 2.73. The summed E-state index contributed by atoms with van der Waals surface area (Å²) >= 11 is 0. The third-order valence-electron chi connectivity index (χ3n) is 3.39. The van der Waals surface area contributed by atoms with Crippen LogP contribution >= 0.6 is 0 Å². The summed E-state index contributed by atoms with van der Waals surface area (Å²) in [4.78, 5) is 23.8. The van der Waals surface area contributed by atoms with E-state index in [0.29, 0.717) is 5.56 Å². The van der Waals surface area contributed by atoms with Gasteiger partial charge in [0.15, 0.2) is 0 Å². The molecule has 23 heavy (non-hydrogen) atoms. The van der Waals surface area contributed by atoms with E-state index < -0.39 is 12.1 Å². The van der Waals surface area contributed by atoms with Crippen LogP contribution in [0.5, 0.6) is 0 Å². The van der Waals surface area contributed by atoms with Gasteiger partial charge in [0, 0.05) is 13.0 Å². The highest BCUT2D eigenvalue weighted by atomic mass is 16.5. The van der Waals surface area contributed by atoms with Gasteiger partial charge in [-0.05, 0) is 24.6 Å². The summed E-state index contributed by atoms with van der Waals surface area (Å²) < 4.78 is 5.71. The molecule has 0 fully saturated rings. The van der Waals surface area contributed by atoms with Gasteiger partial charge in [0.1, 0.15) is 6.04 Å². The molecule has 0 aliphatic rings. The fraction of sp³-hybridized carbons (Fsp3) is 0.471. The number of nitrogens with one attached hydrogen (secondary N) is 2. The number of carbonyl (C=O) groups is 2. The molecule has 2 atom stereocenters. The number of rotatable bonds is 7. The standard InChI is InChI=1S/C17H23N3O3/c1-11(2)16(21)20-15(17(22)19-4)12(3)23-10-14-7-5-6-13(8-14)9-18/h5-8,11-12,15H,10H2,1-4H3,(H,19,22)(H,20,21).